The van der Waals surface area contributed by atoms with Crippen LogP contribution in [0.1, 0.15) is 11.4 Å². The van der Waals surface area contributed by atoms with E-state index in [1.165, 1.54) is 0 Å². The number of hydrogen-bond acceptors (Lipinski definition) is 3. The molecule has 104 valence electrons. The van der Waals surface area contributed by atoms with Crippen LogP contribution in [0.25, 0.3) is 27.8 Å². The number of nitrogens with zero attached hydrogens (tertiary/aromatic N) is 3. The van der Waals surface area contributed by atoms with E-state index in [0.29, 0.717) is 11.2 Å². The molecule has 4 aromatic rings. The van der Waals surface area contributed by atoms with Gasteiger partial charge in [0.25, 0.3) is 5.56 Å². The molecule has 0 atom stereocenters. The highest BCUT2D eigenvalue weighted by atomic mass is 16.1. The van der Waals surface area contributed by atoms with Gasteiger partial charge in [-0.2, -0.15) is 0 Å². The van der Waals surface area contributed by atoms with Gasteiger partial charge in [-0.25, -0.2) is 14.5 Å². The monoisotopic (exact) mass is 279 g/mol. The molecule has 0 amide bonds. The molecular formula is C15H13N5O. The molecule has 4 heterocycles. The number of rotatable bonds is 1. The zero-order valence-electron chi connectivity index (χ0n) is 11.6. The van der Waals surface area contributed by atoms with E-state index in [-0.39, 0.29) is 5.56 Å². The van der Waals surface area contributed by atoms with Crippen molar-refractivity contribution >= 4 is 16.7 Å². The molecule has 4 aromatic heterocycles. The SMILES string of the molecule is Cc1cc(C)n2[nH]c(=O)c(-c3ccnc4[nH]ccc34)c2n1. The van der Waals surface area contributed by atoms with Crippen LogP contribution in [0.4, 0.5) is 0 Å². The molecule has 4 rings (SSSR count). The molecule has 0 radical (unpaired) electrons. The highest BCUT2D eigenvalue weighted by Gasteiger charge is 2.17. The lowest BCUT2D eigenvalue weighted by Gasteiger charge is -2.03. The predicted octanol–water partition coefficient (Wildman–Crippen LogP) is 2.18. The van der Waals surface area contributed by atoms with Crippen LogP contribution < -0.4 is 5.56 Å². The number of aromatic nitrogens is 5. The average Bonchev–Trinajstić information content (AvgIpc) is 3.02. The van der Waals surface area contributed by atoms with Gasteiger partial charge >= 0.3 is 0 Å². The normalized spacial score (nSPS) is 11.5. The summed E-state index contributed by atoms with van der Waals surface area (Å²) < 4.78 is 1.73. The van der Waals surface area contributed by atoms with Crippen molar-refractivity contribution in [1.82, 2.24) is 24.6 Å². The number of aromatic amines is 2. The maximum atomic E-state index is 12.4. The Bertz CT molecular complexity index is 1040. The third kappa shape index (κ3) is 1.62. The first-order chi connectivity index (χ1) is 10.1. The second-order valence-electron chi connectivity index (χ2n) is 5.11. The minimum Gasteiger partial charge on any atom is -0.346 e. The van der Waals surface area contributed by atoms with Crippen molar-refractivity contribution in [2.75, 3.05) is 0 Å². The summed E-state index contributed by atoms with van der Waals surface area (Å²) in [6, 6.07) is 5.70. The van der Waals surface area contributed by atoms with Gasteiger partial charge in [-0.15, -0.1) is 0 Å². The van der Waals surface area contributed by atoms with Gasteiger partial charge in [-0.05, 0) is 32.0 Å². The number of aryl methyl sites for hydroxylation is 2. The lowest BCUT2D eigenvalue weighted by atomic mass is 10.1. The summed E-state index contributed by atoms with van der Waals surface area (Å²) >= 11 is 0. The fraction of sp³-hybridized carbons (Fsp3) is 0.133. The average molecular weight is 279 g/mol. The van der Waals surface area contributed by atoms with Crippen LogP contribution in [0, 0.1) is 13.8 Å². The number of nitrogens with one attached hydrogen (secondary N) is 2. The van der Waals surface area contributed by atoms with Crippen molar-refractivity contribution in [3.05, 3.63) is 52.3 Å². The Morgan fingerprint density at radius 3 is 2.95 bits per heavy atom. The largest absolute Gasteiger partial charge is 0.346 e. The van der Waals surface area contributed by atoms with E-state index in [0.717, 1.165) is 28.0 Å². The Kier molecular flexibility index (Phi) is 2.29. The van der Waals surface area contributed by atoms with Gasteiger partial charge in [0.05, 0.1) is 5.56 Å². The van der Waals surface area contributed by atoms with Crippen LogP contribution >= 0.6 is 0 Å². The Balaban J connectivity index is 2.18. The number of hydrogen-bond donors (Lipinski definition) is 2. The summed E-state index contributed by atoms with van der Waals surface area (Å²) in [7, 11) is 0. The molecule has 0 fully saturated rings. The molecule has 0 aliphatic heterocycles. The second kappa shape index (κ2) is 4.05. The van der Waals surface area contributed by atoms with Gasteiger partial charge in [-0.3, -0.25) is 9.89 Å². The molecule has 0 aromatic carbocycles. The van der Waals surface area contributed by atoms with E-state index in [4.69, 9.17) is 0 Å². The molecule has 0 saturated carbocycles. The quantitative estimate of drug-likeness (QED) is 0.560. The molecule has 0 spiro atoms. The van der Waals surface area contributed by atoms with Gasteiger partial charge in [-0.1, -0.05) is 0 Å². The zero-order chi connectivity index (χ0) is 14.6. The number of pyridine rings is 1. The highest BCUT2D eigenvalue weighted by molar-refractivity contribution is 5.96. The fourth-order valence-electron chi connectivity index (χ4n) is 2.77. The summed E-state index contributed by atoms with van der Waals surface area (Å²) in [5, 5.41) is 3.76. The topological polar surface area (TPSA) is 78.8 Å². The van der Waals surface area contributed by atoms with Crippen molar-refractivity contribution < 1.29 is 0 Å². The molecule has 0 unspecified atom stereocenters. The first-order valence-electron chi connectivity index (χ1n) is 6.66. The van der Waals surface area contributed by atoms with E-state index in [9.17, 15) is 4.79 Å². The fourth-order valence-corrected chi connectivity index (χ4v) is 2.77. The van der Waals surface area contributed by atoms with Crippen LogP contribution in [-0.4, -0.2) is 24.6 Å². The van der Waals surface area contributed by atoms with Gasteiger partial charge in [0.1, 0.15) is 5.65 Å². The molecule has 6 nitrogen and oxygen atoms in total. The summed E-state index contributed by atoms with van der Waals surface area (Å²) in [5.41, 5.74) is 4.50. The van der Waals surface area contributed by atoms with Crippen LogP contribution in [0.5, 0.6) is 0 Å². The van der Waals surface area contributed by atoms with Crippen LogP contribution in [0.15, 0.2) is 35.4 Å². The lowest BCUT2D eigenvalue weighted by molar-refractivity contribution is 0.871. The maximum absolute atomic E-state index is 12.4. The predicted molar refractivity (Wildman–Crippen MR) is 80.4 cm³/mol. The minimum absolute atomic E-state index is 0.148. The summed E-state index contributed by atoms with van der Waals surface area (Å²) in [4.78, 5) is 24.3. The van der Waals surface area contributed by atoms with Crippen molar-refractivity contribution in [2.45, 2.75) is 13.8 Å². The molecule has 0 saturated heterocycles. The van der Waals surface area contributed by atoms with Crippen LogP contribution in [0.3, 0.4) is 0 Å². The first-order valence-corrected chi connectivity index (χ1v) is 6.66. The van der Waals surface area contributed by atoms with Gasteiger partial charge in [0.15, 0.2) is 5.65 Å². The molecular weight excluding hydrogens is 266 g/mol. The summed E-state index contributed by atoms with van der Waals surface area (Å²) in [6.07, 6.45) is 3.51. The third-order valence-corrected chi connectivity index (χ3v) is 3.66. The zero-order valence-corrected chi connectivity index (χ0v) is 11.6. The Hall–Kier alpha value is -2.89. The Morgan fingerprint density at radius 1 is 1.24 bits per heavy atom. The van der Waals surface area contributed by atoms with E-state index in [2.05, 4.69) is 20.1 Å². The van der Waals surface area contributed by atoms with E-state index < -0.39 is 0 Å². The van der Waals surface area contributed by atoms with Gasteiger partial charge in [0, 0.05) is 34.7 Å². The van der Waals surface area contributed by atoms with Crippen molar-refractivity contribution in [3.8, 4) is 11.1 Å². The minimum atomic E-state index is -0.148. The van der Waals surface area contributed by atoms with Gasteiger partial charge in [0.2, 0.25) is 0 Å². The maximum Gasteiger partial charge on any atom is 0.274 e. The second-order valence-corrected chi connectivity index (χ2v) is 5.11. The number of fused-ring (bicyclic) bond motifs is 2. The lowest BCUT2D eigenvalue weighted by Crippen LogP contribution is -2.03. The molecule has 6 heteroatoms. The third-order valence-electron chi connectivity index (χ3n) is 3.66. The Labute approximate surface area is 119 Å². The van der Waals surface area contributed by atoms with Crippen LogP contribution in [-0.2, 0) is 0 Å². The summed E-state index contributed by atoms with van der Waals surface area (Å²) in [5.74, 6) is 0. The van der Waals surface area contributed by atoms with Crippen molar-refractivity contribution in [3.63, 3.8) is 0 Å². The molecule has 0 bridgehead atoms. The van der Waals surface area contributed by atoms with Crippen molar-refractivity contribution in [1.29, 1.82) is 0 Å². The molecule has 0 aliphatic rings. The van der Waals surface area contributed by atoms with E-state index >= 15 is 0 Å². The first kappa shape index (κ1) is 11.9. The summed E-state index contributed by atoms with van der Waals surface area (Å²) in [6.45, 7) is 3.87. The molecule has 2 N–H and O–H groups in total. The number of H-pyrrole nitrogens is 2. The van der Waals surface area contributed by atoms with Gasteiger partial charge < -0.3 is 4.98 Å². The van der Waals surface area contributed by atoms with Crippen molar-refractivity contribution in [2.24, 2.45) is 0 Å². The molecule has 0 aliphatic carbocycles. The van der Waals surface area contributed by atoms with E-state index in [1.54, 1.807) is 10.7 Å². The standard InChI is InChI=1S/C15H13N5O/c1-8-7-9(2)20-14(18-8)12(15(21)19-20)10-3-5-16-13-11(10)4-6-17-13/h3-7H,1-2H3,(H,16,17)(H,19,21). The van der Waals surface area contributed by atoms with Crippen LogP contribution in [0.2, 0.25) is 0 Å². The smallest absolute Gasteiger partial charge is 0.274 e. The molecule has 21 heavy (non-hydrogen) atoms. The van der Waals surface area contributed by atoms with E-state index in [1.807, 2.05) is 38.2 Å². The Morgan fingerprint density at radius 2 is 2.10 bits per heavy atom. The highest BCUT2D eigenvalue weighted by Crippen LogP contribution is 2.27.